The first-order valence-corrected chi connectivity index (χ1v) is 30.0. The maximum absolute atomic E-state index is 12.7. The second kappa shape index (κ2) is 17.9. The molecule has 0 spiro atoms. The molecule has 4 aromatic carbocycles. The van der Waals surface area contributed by atoms with Gasteiger partial charge in [-0.1, -0.05) is 0 Å². The van der Waals surface area contributed by atoms with Crippen molar-refractivity contribution in [3.63, 3.8) is 0 Å². The summed E-state index contributed by atoms with van der Waals surface area (Å²) >= 11 is -0.343. The fraction of sp³-hybridized carbons (Fsp3) is 0.556. The van der Waals surface area contributed by atoms with E-state index in [1.54, 1.807) is 0 Å². The number of phenols is 2. The SMILES string of the molecule is CC(C)(C)c1cc(C[S]2=[Ti]=[S](Cc3cc(C(C)(C)C)cc(C4(c5ccccc5)CCCCC4)c3O)[C@H]3CCCCCC[C@@H]32)c(O)c(C2(c3ccccc3)CCCCC2)c1. The van der Waals surface area contributed by atoms with Crippen LogP contribution in [0.1, 0.15) is 189 Å². The van der Waals surface area contributed by atoms with Gasteiger partial charge >= 0.3 is 370 Å². The molecule has 8 rings (SSSR count). The molecule has 59 heavy (non-hydrogen) atoms. The average Bonchev–Trinajstić information content (AvgIpc) is 3.52. The van der Waals surface area contributed by atoms with Gasteiger partial charge in [0.2, 0.25) is 0 Å². The van der Waals surface area contributed by atoms with Crippen LogP contribution in [0.15, 0.2) is 84.9 Å². The number of fused-ring (bicyclic) bond motifs is 1. The van der Waals surface area contributed by atoms with E-state index in [0.29, 0.717) is 11.5 Å². The van der Waals surface area contributed by atoms with E-state index in [-0.39, 0.29) is 53.0 Å². The third-order valence-electron chi connectivity index (χ3n) is 14.9. The summed E-state index contributed by atoms with van der Waals surface area (Å²) in [6.07, 6.45) is 19.9. The minimum absolute atomic E-state index is 0.00533. The van der Waals surface area contributed by atoms with Crippen LogP contribution in [0.2, 0.25) is 0 Å². The van der Waals surface area contributed by atoms with E-state index < -0.39 is 0 Å². The zero-order chi connectivity index (χ0) is 41.4. The topological polar surface area (TPSA) is 40.5 Å². The molecule has 0 radical (unpaired) electrons. The van der Waals surface area contributed by atoms with E-state index in [9.17, 15) is 10.2 Å². The van der Waals surface area contributed by atoms with Crippen LogP contribution < -0.4 is 0 Å². The van der Waals surface area contributed by atoms with Crippen molar-refractivity contribution in [2.24, 2.45) is 0 Å². The minimum atomic E-state index is -0.343. The molecule has 4 aromatic rings. The van der Waals surface area contributed by atoms with E-state index in [4.69, 9.17) is 0 Å². The van der Waals surface area contributed by atoms with Gasteiger partial charge in [-0.2, -0.15) is 0 Å². The molecule has 1 aliphatic heterocycles. The fourth-order valence-electron chi connectivity index (χ4n) is 11.4. The molecule has 4 aliphatic rings. The summed E-state index contributed by atoms with van der Waals surface area (Å²) in [5.74, 6) is 3.29. The van der Waals surface area contributed by atoms with Gasteiger partial charge in [-0.25, -0.2) is 0 Å². The molecule has 3 saturated carbocycles. The molecule has 5 heteroatoms. The normalized spacial score (nSPS) is 24.6. The molecule has 4 atom stereocenters. The van der Waals surface area contributed by atoms with Gasteiger partial charge in [-0.3, -0.25) is 0 Å². The monoisotopic (exact) mass is 864 g/mol. The van der Waals surface area contributed by atoms with Crippen LogP contribution in [-0.4, -0.2) is 20.7 Å². The van der Waals surface area contributed by atoms with E-state index >= 15 is 0 Å². The van der Waals surface area contributed by atoms with Gasteiger partial charge in [0.15, 0.2) is 0 Å². The first-order valence-electron chi connectivity index (χ1n) is 23.3. The van der Waals surface area contributed by atoms with Crippen molar-refractivity contribution < 1.29 is 25.7 Å². The Bertz CT molecular complexity index is 2020. The molecule has 0 bridgehead atoms. The number of benzene rings is 4. The van der Waals surface area contributed by atoms with Crippen molar-refractivity contribution in [2.45, 2.75) is 188 Å². The first-order chi connectivity index (χ1) is 28.3. The molecule has 3 aliphatic carbocycles. The number of aromatic hydroxyl groups is 2. The summed E-state index contributed by atoms with van der Waals surface area (Å²) < 4.78 is 0. The van der Waals surface area contributed by atoms with Gasteiger partial charge in [0.25, 0.3) is 0 Å². The van der Waals surface area contributed by atoms with Crippen molar-refractivity contribution in [1.82, 2.24) is 0 Å². The van der Waals surface area contributed by atoms with Gasteiger partial charge in [0, 0.05) is 0 Å². The molecule has 3 fully saturated rings. The van der Waals surface area contributed by atoms with Gasteiger partial charge < -0.3 is 0 Å². The Balaban J connectivity index is 1.26. The summed E-state index contributed by atoms with van der Waals surface area (Å²) in [4.78, 5) is 0. The molecule has 1 heterocycles. The molecule has 0 saturated heterocycles. The molecule has 0 aromatic heterocycles. The molecule has 2 nitrogen and oxygen atoms in total. The molecule has 2 unspecified atom stereocenters. The van der Waals surface area contributed by atoms with Gasteiger partial charge in [0.1, 0.15) is 0 Å². The molecular weight excluding hydrogens is 793 g/mol. The Morgan fingerprint density at radius 3 is 1.22 bits per heavy atom. The second-order valence-electron chi connectivity index (χ2n) is 20.9. The number of hydrogen-bond acceptors (Lipinski definition) is 2. The third-order valence-corrected chi connectivity index (χ3v) is 30.8. The fourth-order valence-corrected chi connectivity index (χ4v) is 32.2. The summed E-state index contributed by atoms with van der Waals surface area (Å²) in [6.45, 7) is 14.2. The van der Waals surface area contributed by atoms with Crippen molar-refractivity contribution in [3.8, 4) is 11.5 Å². The van der Waals surface area contributed by atoms with Gasteiger partial charge in [-0.05, 0) is 0 Å². The molecule has 0 amide bonds. The van der Waals surface area contributed by atoms with Crippen LogP contribution in [0, 0.1) is 0 Å². The Morgan fingerprint density at radius 2 is 0.864 bits per heavy atom. The molecular formula is C54H72O2S2Ti. The first kappa shape index (κ1) is 43.5. The van der Waals surface area contributed by atoms with E-state index in [1.165, 1.54) is 122 Å². The van der Waals surface area contributed by atoms with Crippen LogP contribution in [-0.2, 0) is 48.6 Å². The summed E-state index contributed by atoms with van der Waals surface area (Å²) in [5, 5.41) is 26.9. The van der Waals surface area contributed by atoms with E-state index in [1.807, 2.05) is 0 Å². The van der Waals surface area contributed by atoms with Crippen LogP contribution in [0.4, 0.5) is 0 Å². The quantitative estimate of drug-likeness (QED) is 0.173. The van der Waals surface area contributed by atoms with Crippen LogP contribution in [0.5, 0.6) is 11.5 Å². The predicted octanol–water partition coefficient (Wildman–Crippen LogP) is 15.4. The van der Waals surface area contributed by atoms with Gasteiger partial charge in [-0.15, -0.1) is 0 Å². The van der Waals surface area contributed by atoms with Crippen LogP contribution in [0.25, 0.3) is 0 Å². The Hall–Kier alpha value is -2.11. The van der Waals surface area contributed by atoms with E-state index in [0.717, 1.165) is 47.7 Å². The Kier molecular flexibility index (Phi) is 13.2. The number of hydrogen-bond donors (Lipinski definition) is 2. The number of phenolic OH excluding ortho intramolecular Hbond substituents is 2. The van der Waals surface area contributed by atoms with Crippen molar-refractivity contribution in [1.29, 1.82) is 0 Å². The zero-order valence-corrected chi connectivity index (χ0v) is 40.4. The summed E-state index contributed by atoms with van der Waals surface area (Å²) in [7, 11) is 0.570. The van der Waals surface area contributed by atoms with Gasteiger partial charge in [0.05, 0.1) is 0 Å². The summed E-state index contributed by atoms with van der Waals surface area (Å²) in [6, 6.07) is 32.1. The van der Waals surface area contributed by atoms with Crippen molar-refractivity contribution in [2.75, 3.05) is 0 Å². The van der Waals surface area contributed by atoms with E-state index in [2.05, 4.69) is 126 Å². The predicted molar refractivity (Wildman–Crippen MR) is 252 cm³/mol. The second-order valence-corrected chi connectivity index (χ2v) is 32.3. The van der Waals surface area contributed by atoms with Crippen LogP contribution >= 0.6 is 15.9 Å². The van der Waals surface area contributed by atoms with Crippen LogP contribution in [0.3, 0.4) is 0 Å². The molecule has 2 N–H and O–H groups in total. The van der Waals surface area contributed by atoms with Crippen molar-refractivity contribution in [3.05, 3.63) is 129 Å². The zero-order valence-electron chi connectivity index (χ0n) is 37.2. The standard InChI is InChI=1S/C54H72O2S2.Ti/c1-51(2,3)43-33-39(49(55)45(35-43)53(29-19-11-20-30-53)41-23-13-9-14-24-41)37-57-47-27-17-7-8-18-28-48(47)58-38-40-34-44(52(4,5)6)36-46(50(40)56)54(31-21-12-22-32-54)42-25-15-10-16-26-42;/h9-10,13-16,23-26,33-36,47-48,55-56H,7-8,11-12,17-22,27-32,37-38H2,1-6H3;/t47-,48-;/m0./s1. The molecule has 316 valence electrons. The Labute approximate surface area is 368 Å². The maximum atomic E-state index is 12.7. The average molecular weight is 865 g/mol. The number of rotatable bonds is 8. The van der Waals surface area contributed by atoms with Crippen molar-refractivity contribution >= 4 is 15.9 Å². The third kappa shape index (κ3) is 8.92. The summed E-state index contributed by atoms with van der Waals surface area (Å²) in [5.41, 5.74) is 10.1. The Morgan fingerprint density at radius 1 is 0.508 bits per heavy atom.